The van der Waals surface area contributed by atoms with Crippen molar-refractivity contribution < 1.29 is 4.79 Å². The summed E-state index contributed by atoms with van der Waals surface area (Å²) in [4.78, 5) is 12.1. The Labute approximate surface area is 105 Å². The molecule has 2 rings (SSSR count). The van der Waals surface area contributed by atoms with Gasteiger partial charge in [-0.25, -0.2) is 0 Å². The van der Waals surface area contributed by atoms with Crippen molar-refractivity contribution >= 4 is 23.2 Å². The van der Waals surface area contributed by atoms with Crippen molar-refractivity contribution in [2.24, 2.45) is 5.84 Å². The molecule has 0 radical (unpaired) electrons. The first-order chi connectivity index (χ1) is 8.04. The topological polar surface area (TPSA) is 67.2 Å². The summed E-state index contributed by atoms with van der Waals surface area (Å²) in [7, 11) is 0. The van der Waals surface area contributed by atoms with Crippen molar-refractivity contribution in [3.63, 3.8) is 0 Å². The minimum atomic E-state index is -0.136. The van der Waals surface area contributed by atoms with Crippen molar-refractivity contribution in [1.82, 2.24) is 5.32 Å². The summed E-state index contributed by atoms with van der Waals surface area (Å²) in [6.45, 7) is 2.05. The van der Waals surface area contributed by atoms with E-state index >= 15 is 0 Å². The van der Waals surface area contributed by atoms with Gasteiger partial charge in [0.05, 0.1) is 11.3 Å². The Bertz CT molecular complexity index is 443. The Kier molecular flexibility index (Phi) is 3.26. The molecule has 1 aromatic carbocycles. The maximum Gasteiger partial charge on any atom is 0.253 e. The average molecular weight is 254 g/mol. The average Bonchev–Trinajstić information content (AvgIpc) is 2.26. The lowest BCUT2D eigenvalue weighted by Crippen LogP contribution is -2.51. The van der Waals surface area contributed by atoms with Gasteiger partial charge in [-0.05, 0) is 44.4 Å². The minimum Gasteiger partial charge on any atom is -0.347 e. The van der Waals surface area contributed by atoms with Crippen molar-refractivity contribution in [3.05, 3.63) is 28.8 Å². The molecule has 92 valence electrons. The van der Waals surface area contributed by atoms with Crippen LogP contribution in [0.2, 0.25) is 5.02 Å². The van der Waals surface area contributed by atoms with Gasteiger partial charge in [0, 0.05) is 10.6 Å². The van der Waals surface area contributed by atoms with Crippen LogP contribution in [0.5, 0.6) is 0 Å². The maximum atomic E-state index is 12.1. The van der Waals surface area contributed by atoms with Gasteiger partial charge in [-0.2, -0.15) is 0 Å². The first-order valence-electron chi connectivity index (χ1n) is 5.63. The Hall–Kier alpha value is -1.26. The number of hydrazine groups is 1. The van der Waals surface area contributed by atoms with E-state index in [4.69, 9.17) is 17.4 Å². The standard InChI is InChI=1S/C12H16ClN3O/c1-12(5-2-6-12)15-11(17)9-7-8(13)3-4-10(9)16-14/h3-4,7,16H,2,5-6,14H2,1H3,(H,15,17). The van der Waals surface area contributed by atoms with Crippen LogP contribution in [-0.4, -0.2) is 11.4 Å². The lowest BCUT2D eigenvalue weighted by atomic mass is 9.78. The zero-order chi connectivity index (χ0) is 12.5. The highest BCUT2D eigenvalue weighted by Crippen LogP contribution is 2.31. The third-order valence-corrected chi connectivity index (χ3v) is 3.49. The van der Waals surface area contributed by atoms with E-state index in [1.165, 1.54) is 0 Å². The van der Waals surface area contributed by atoms with E-state index in [9.17, 15) is 4.79 Å². The predicted molar refractivity (Wildman–Crippen MR) is 69.0 cm³/mol. The molecule has 1 fully saturated rings. The van der Waals surface area contributed by atoms with Crippen LogP contribution in [0.3, 0.4) is 0 Å². The third kappa shape index (κ3) is 2.53. The first-order valence-corrected chi connectivity index (χ1v) is 6.00. The van der Waals surface area contributed by atoms with Crippen LogP contribution in [0.4, 0.5) is 5.69 Å². The minimum absolute atomic E-state index is 0.0781. The van der Waals surface area contributed by atoms with E-state index in [2.05, 4.69) is 17.7 Å². The summed E-state index contributed by atoms with van der Waals surface area (Å²) >= 11 is 5.89. The number of carbonyl (C=O) groups is 1. The van der Waals surface area contributed by atoms with Gasteiger partial charge < -0.3 is 10.7 Å². The third-order valence-electron chi connectivity index (χ3n) is 3.25. The second kappa shape index (κ2) is 4.55. The Morgan fingerprint density at radius 2 is 2.18 bits per heavy atom. The number of hydrogen-bond donors (Lipinski definition) is 3. The fourth-order valence-electron chi connectivity index (χ4n) is 2.00. The van der Waals surface area contributed by atoms with E-state index in [0.717, 1.165) is 19.3 Å². The van der Waals surface area contributed by atoms with Crippen LogP contribution in [-0.2, 0) is 0 Å². The fraction of sp³-hybridized carbons (Fsp3) is 0.417. The van der Waals surface area contributed by atoms with Crippen LogP contribution < -0.4 is 16.6 Å². The summed E-state index contributed by atoms with van der Waals surface area (Å²) in [6.07, 6.45) is 3.20. The van der Waals surface area contributed by atoms with Crippen molar-refractivity contribution in [3.8, 4) is 0 Å². The summed E-state index contributed by atoms with van der Waals surface area (Å²) in [6, 6.07) is 5.01. The number of hydrogen-bond acceptors (Lipinski definition) is 3. The number of halogens is 1. The lowest BCUT2D eigenvalue weighted by Gasteiger charge is -2.39. The fourth-order valence-corrected chi connectivity index (χ4v) is 2.18. The molecule has 0 atom stereocenters. The number of carbonyl (C=O) groups excluding carboxylic acids is 1. The lowest BCUT2D eigenvalue weighted by molar-refractivity contribution is 0.0851. The molecule has 0 aliphatic heterocycles. The quantitative estimate of drug-likeness (QED) is 0.572. The molecule has 17 heavy (non-hydrogen) atoms. The van der Waals surface area contributed by atoms with Gasteiger partial charge in [0.15, 0.2) is 0 Å². The Balaban J connectivity index is 2.20. The molecule has 0 bridgehead atoms. The van der Waals surface area contributed by atoms with Crippen LogP contribution in [0.15, 0.2) is 18.2 Å². The molecule has 0 saturated heterocycles. The summed E-state index contributed by atoms with van der Waals surface area (Å²) in [5.41, 5.74) is 3.49. The molecular weight excluding hydrogens is 238 g/mol. The summed E-state index contributed by atoms with van der Waals surface area (Å²) in [5.74, 6) is 5.24. The van der Waals surface area contributed by atoms with Gasteiger partial charge in [-0.15, -0.1) is 0 Å². The van der Waals surface area contributed by atoms with Crippen LogP contribution in [0.1, 0.15) is 36.5 Å². The SMILES string of the molecule is CC1(NC(=O)c2cc(Cl)ccc2NN)CCC1. The smallest absolute Gasteiger partial charge is 0.253 e. The number of amides is 1. The van der Waals surface area contributed by atoms with Gasteiger partial charge in [0.1, 0.15) is 0 Å². The Morgan fingerprint density at radius 1 is 1.47 bits per heavy atom. The highest BCUT2D eigenvalue weighted by atomic mass is 35.5. The molecule has 1 amide bonds. The maximum absolute atomic E-state index is 12.1. The van der Waals surface area contributed by atoms with E-state index in [1.807, 2.05) is 0 Å². The first kappa shape index (κ1) is 12.2. The van der Waals surface area contributed by atoms with Gasteiger partial charge in [-0.1, -0.05) is 11.6 Å². The van der Waals surface area contributed by atoms with Gasteiger partial charge >= 0.3 is 0 Å². The number of nitrogens with one attached hydrogen (secondary N) is 2. The second-order valence-electron chi connectivity index (χ2n) is 4.70. The normalized spacial score (nSPS) is 17.1. The van der Waals surface area contributed by atoms with Crippen LogP contribution in [0.25, 0.3) is 0 Å². The van der Waals surface area contributed by atoms with Crippen molar-refractivity contribution in [1.29, 1.82) is 0 Å². The van der Waals surface area contributed by atoms with Crippen molar-refractivity contribution in [2.45, 2.75) is 31.7 Å². The number of nitrogen functional groups attached to an aromatic ring is 1. The summed E-state index contributed by atoms with van der Waals surface area (Å²) < 4.78 is 0. The second-order valence-corrected chi connectivity index (χ2v) is 5.14. The molecular formula is C12H16ClN3O. The highest BCUT2D eigenvalue weighted by molar-refractivity contribution is 6.31. The van der Waals surface area contributed by atoms with Gasteiger partial charge in [-0.3, -0.25) is 10.6 Å². The Morgan fingerprint density at radius 3 is 2.71 bits per heavy atom. The number of rotatable bonds is 3. The molecule has 4 N–H and O–H groups in total. The molecule has 5 heteroatoms. The zero-order valence-corrected chi connectivity index (χ0v) is 10.5. The van der Waals surface area contributed by atoms with E-state index in [0.29, 0.717) is 16.3 Å². The highest BCUT2D eigenvalue weighted by Gasteiger charge is 2.33. The molecule has 1 aromatic rings. The molecule has 0 aromatic heterocycles. The van der Waals surface area contributed by atoms with Crippen molar-refractivity contribution in [2.75, 3.05) is 5.43 Å². The molecule has 0 spiro atoms. The van der Waals surface area contributed by atoms with Crippen LogP contribution >= 0.6 is 11.6 Å². The van der Waals surface area contributed by atoms with Gasteiger partial charge in [0.25, 0.3) is 5.91 Å². The largest absolute Gasteiger partial charge is 0.347 e. The molecule has 1 aliphatic rings. The number of nitrogens with two attached hydrogens (primary N) is 1. The van der Waals surface area contributed by atoms with Gasteiger partial charge in [0.2, 0.25) is 0 Å². The molecule has 1 aliphatic carbocycles. The molecule has 4 nitrogen and oxygen atoms in total. The van der Waals surface area contributed by atoms with E-state index in [1.54, 1.807) is 18.2 Å². The molecule has 0 unspecified atom stereocenters. The van der Waals surface area contributed by atoms with Crippen LogP contribution in [0, 0.1) is 0 Å². The monoisotopic (exact) mass is 253 g/mol. The predicted octanol–water partition coefficient (Wildman–Crippen LogP) is 2.30. The summed E-state index contributed by atoms with van der Waals surface area (Å²) in [5, 5.41) is 3.54. The van der Waals surface area contributed by atoms with E-state index < -0.39 is 0 Å². The molecule has 0 heterocycles. The zero-order valence-electron chi connectivity index (χ0n) is 9.72. The van der Waals surface area contributed by atoms with E-state index in [-0.39, 0.29) is 11.4 Å². The number of benzene rings is 1. The number of anilines is 1. The molecule has 1 saturated carbocycles.